The van der Waals surface area contributed by atoms with Crippen LogP contribution < -0.4 is 5.32 Å². The Bertz CT molecular complexity index is 954. The van der Waals surface area contributed by atoms with Gasteiger partial charge in [0.15, 0.2) is 5.11 Å². The number of hydrogen-bond acceptors (Lipinski definition) is 2. The number of nitrogens with one attached hydrogen (secondary N) is 1. The van der Waals surface area contributed by atoms with E-state index >= 15 is 0 Å². The molecule has 1 N–H and O–H groups in total. The van der Waals surface area contributed by atoms with E-state index in [4.69, 9.17) is 12.2 Å². The van der Waals surface area contributed by atoms with Crippen molar-refractivity contribution in [2.45, 2.75) is 32.0 Å². The van der Waals surface area contributed by atoms with E-state index in [-0.39, 0.29) is 18.1 Å². The molecule has 3 aromatic rings. The van der Waals surface area contributed by atoms with Crippen LogP contribution >= 0.6 is 28.1 Å². The Morgan fingerprint density at radius 2 is 1.96 bits per heavy atom. The van der Waals surface area contributed by atoms with Crippen LogP contribution in [-0.2, 0) is 0 Å². The molecular weight excluding hydrogens is 420 g/mol. The normalized spacial score (nSPS) is 19.6. The van der Waals surface area contributed by atoms with Crippen LogP contribution in [0.5, 0.6) is 0 Å². The Hall–Kier alpha value is -2.18. The molecule has 6 heteroatoms. The third-order valence-electron chi connectivity index (χ3n) is 4.86. The summed E-state index contributed by atoms with van der Waals surface area (Å²) in [6.07, 6.45) is 3.94. The lowest BCUT2D eigenvalue weighted by molar-refractivity contribution is 0.262. The van der Waals surface area contributed by atoms with Gasteiger partial charge in [-0.15, -0.1) is 0 Å². The number of benzene rings is 1. The van der Waals surface area contributed by atoms with E-state index in [0.717, 1.165) is 21.0 Å². The van der Waals surface area contributed by atoms with Gasteiger partial charge in [-0.3, -0.25) is 4.98 Å². The Labute approximate surface area is 173 Å². The molecule has 1 fully saturated rings. The smallest absolute Gasteiger partial charge is 0.170 e. The quantitative estimate of drug-likeness (QED) is 0.577. The van der Waals surface area contributed by atoms with Crippen LogP contribution in [-0.4, -0.2) is 25.6 Å². The van der Waals surface area contributed by atoms with E-state index in [1.807, 2.05) is 24.4 Å². The summed E-state index contributed by atoms with van der Waals surface area (Å²) < 4.78 is 3.29. The predicted octanol–water partition coefficient (Wildman–Crippen LogP) is 5.02. The number of pyridine rings is 1. The topological polar surface area (TPSA) is 33.1 Å². The number of thiocarbonyl (C=S) groups is 1. The first-order valence-corrected chi connectivity index (χ1v) is 10.2. The maximum atomic E-state index is 5.70. The van der Waals surface area contributed by atoms with E-state index in [9.17, 15) is 0 Å². The molecule has 4 nitrogen and oxygen atoms in total. The first-order valence-electron chi connectivity index (χ1n) is 8.99. The molecular formula is C21H21BrN4S. The van der Waals surface area contributed by atoms with Crippen molar-refractivity contribution in [2.24, 2.45) is 0 Å². The minimum absolute atomic E-state index is 0.00176. The van der Waals surface area contributed by atoms with Crippen molar-refractivity contribution in [3.63, 3.8) is 0 Å². The molecule has 0 unspecified atom stereocenters. The van der Waals surface area contributed by atoms with Gasteiger partial charge in [-0.1, -0.05) is 28.1 Å². The van der Waals surface area contributed by atoms with Crippen molar-refractivity contribution in [1.29, 1.82) is 0 Å². The standard InChI is InChI=1S/C21H21BrN4S/c1-14(2)26-20(19(24-21(26)27)17-9-3-4-11-23-17)18-10-6-12-25(18)16-8-5-7-15(22)13-16/h3-14,19-20H,1-2H3,(H,24,27)/t19-,20+/m1/s1. The summed E-state index contributed by atoms with van der Waals surface area (Å²) >= 11 is 9.28. The SMILES string of the molecule is CC(C)N1C(=S)N[C@H](c2ccccn2)[C@@H]1c1cccn1-c1cccc(Br)c1. The van der Waals surface area contributed by atoms with Crippen LogP contribution in [0.3, 0.4) is 0 Å². The van der Waals surface area contributed by atoms with Crippen molar-refractivity contribution in [1.82, 2.24) is 19.8 Å². The van der Waals surface area contributed by atoms with Crippen LogP contribution in [0.1, 0.15) is 37.3 Å². The molecule has 0 saturated carbocycles. The lowest BCUT2D eigenvalue weighted by atomic mass is 10.0. The van der Waals surface area contributed by atoms with Gasteiger partial charge in [0.2, 0.25) is 0 Å². The molecule has 1 saturated heterocycles. The first kappa shape index (κ1) is 18.2. The van der Waals surface area contributed by atoms with Crippen molar-refractivity contribution < 1.29 is 0 Å². The van der Waals surface area contributed by atoms with Gasteiger partial charge in [-0.05, 0) is 68.5 Å². The molecule has 27 heavy (non-hydrogen) atoms. The Balaban J connectivity index is 1.84. The summed E-state index contributed by atoms with van der Waals surface area (Å²) in [6.45, 7) is 4.35. The molecule has 0 radical (unpaired) electrons. The molecule has 1 aliphatic heterocycles. The molecule has 0 amide bonds. The van der Waals surface area contributed by atoms with Crippen LogP contribution in [0.4, 0.5) is 0 Å². The number of hydrogen-bond donors (Lipinski definition) is 1. The summed E-state index contributed by atoms with van der Waals surface area (Å²) in [5.41, 5.74) is 3.30. The zero-order valence-corrected chi connectivity index (χ0v) is 17.6. The van der Waals surface area contributed by atoms with Crippen LogP contribution in [0, 0.1) is 0 Å². The molecule has 2 aromatic heterocycles. The highest BCUT2D eigenvalue weighted by Gasteiger charge is 2.42. The fourth-order valence-corrected chi connectivity index (χ4v) is 4.57. The highest BCUT2D eigenvalue weighted by Crippen LogP contribution is 2.40. The molecule has 0 aliphatic carbocycles. The number of halogens is 1. The summed E-state index contributed by atoms with van der Waals surface area (Å²) in [7, 11) is 0. The Morgan fingerprint density at radius 3 is 2.67 bits per heavy atom. The second-order valence-corrected chi connectivity index (χ2v) is 8.21. The summed E-state index contributed by atoms with van der Waals surface area (Å²) in [5.74, 6) is 0. The van der Waals surface area contributed by atoms with Crippen molar-refractivity contribution in [3.8, 4) is 5.69 Å². The monoisotopic (exact) mass is 440 g/mol. The van der Waals surface area contributed by atoms with Gasteiger partial charge in [-0.25, -0.2) is 0 Å². The number of aromatic nitrogens is 2. The van der Waals surface area contributed by atoms with E-state index in [1.54, 1.807) is 0 Å². The maximum Gasteiger partial charge on any atom is 0.170 e. The van der Waals surface area contributed by atoms with Crippen LogP contribution in [0.15, 0.2) is 71.5 Å². The van der Waals surface area contributed by atoms with E-state index in [2.05, 4.69) is 92.1 Å². The molecule has 2 atom stereocenters. The van der Waals surface area contributed by atoms with Gasteiger partial charge in [0.05, 0.1) is 17.8 Å². The molecule has 0 spiro atoms. The lowest BCUT2D eigenvalue weighted by Gasteiger charge is -2.31. The van der Waals surface area contributed by atoms with Crippen LogP contribution in [0.25, 0.3) is 5.69 Å². The fraction of sp³-hybridized carbons (Fsp3) is 0.238. The molecule has 3 heterocycles. The molecule has 138 valence electrons. The Morgan fingerprint density at radius 1 is 1.11 bits per heavy atom. The van der Waals surface area contributed by atoms with Crippen molar-refractivity contribution in [3.05, 3.63) is 82.9 Å². The second-order valence-electron chi connectivity index (χ2n) is 6.91. The molecule has 4 rings (SSSR count). The van der Waals surface area contributed by atoms with Gasteiger partial charge in [-0.2, -0.15) is 0 Å². The zero-order valence-electron chi connectivity index (χ0n) is 15.2. The van der Waals surface area contributed by atoms with Gasteiger partial charge in [0.1, 0.15) is 0 Å². The van der Waals surface area contributed by atoms with Gasteiger partial charge >= 0.3 is 0 Å². The summed E-state index contributed by atoms with van der Waals surface area (Å²) in [5, 5.41) is 4.27. The minimum Gasteiger partial charge on any atom is -0.352 e. The van der Waals surface area contributed by atoms with Crippen molar-refractivity contribution >= 4 is 33.3 Å². The van der Waals surface area contributed by atoms with Gasteiger partial charge in [0.25, 0.3) is 0 Å². The van der Waals surface area contributed by atoms with Crippen molar-refractivity contribution in [2.75, 3.05) is 0 Å². The summed E-state index contributed by atoms with van der Waals surface area (Å²) in [6, 6.07) is 18.9. The minimum atomic E-state index is 0.00176. The maximum absolute atomic E-state index is 5.70. The first-order chi connectivity index (χ1) is 13.1. The fourth-order valence-electron chi connectivity index (χ4n) is 3.73. The van der Waals surface area contributed by atoms with Gasteiger partial charge < -0.3 is 14.8 Å². The molecule has 1 aliphatic rings. The zero-order chi connectivity index (χ0) is 19.0. The largest absolute Gasteiger partial charge is 0.352 e. The van der Waals surface area contributed by atoms with Crippen LogP contribution in [0.2, 0.25) is 0 Å². The number of rotatable bonds is 4. The molecule has 0 bridgehead atoms. The Kier molecular flexibility index (Phi) is 5.02. The lowest BCUT2D eigenvalue weighted by Crippen LogP contribution is -2.36. The average molecular weight is 441 g/mol. The average Bonchev–Trinajstić information content (AvgIpc) is 3.26. The van der Waals surface area contributed by atoms with Gasteiger partial charge in [0, 0.05) is 34.3 Å². The third-order valence-corrected chi connectivity index (χ3v) is 5.68. The molecule has 1 aromatic carbocycles. The predicted molar refractivity (Wildman–Crippen MR) is 116 cm³/mol. The van der Waals surface area contributed by atoms with E-state index in [0.29, 0.717) is 0 Å². The van der Waals surface area contributed by atoms with E-state index in [1.165, 1.54) is 5.69 Å². The highest BCUT2D eigenvalue weighted by atomic mass is 79.9. The summed E-state index contributed by atoms with van der Waals surface area (Å²) in [4.78, 5) is 6.88. The third kappa shape index (κ3) is 3.39. The van der Waals surface area contributed by atoms with E-state index < -0.39 is 0 Å². The number of nitrogens with zero attached hydrogens (tertiary/aromatic N) is 3. The second kappa shape index (κ2) is 7.44. The highest BCUT2D eigenvalue weighted by molar-refractivity contribution is 9.10.